The Balaban J connectivity index is 2.06. The highest BCUT2D eigenvalue weighted by atomic mass is 15.2. The van der Waals surface area contributed by atoms with Crippen LogP contribution in [0.1, 0.15) is 46.0 Å². The minimum atomic E-state index is 0.293. The highest BCUT2D eigenvalue weighted by Gasteiger charge is 2.36. The van der Waals surface area contributed by atoms with E-state index in [0.717, 1.165) is 12.3 Å². The first-order chi connectivity index (χ1) is 7.22. The largest absolute Gasteiger partial charge is 0.296 e. The topological polar surface area (TPSA) is 27.0 Å². The monoisotopic (exact) mass is 206 g/mol. The lowest BCUT2D eigenvalue weighted by atomic mass is 9.79. The first-order valence-corrected chi connectivity index (χ1v) is 6.37. The lowest BCUT2D eigenvalue weighted by Crippen LogP contribution is -2.45. The molecule has 0 spiro atoms. The second kappa shape index (κ2) is 4.53. The zero-order valence-electron chi connectivity index (χ0n) is 9.95. The van der Waals surface area contributed by atoms with E-state index < -0.39 is 0 Å². The van der Waals surface area contributed by atoms with Gasteiger partial charge in [-0.25, -0.2) is 0 Å². The molecule has 1 heterocycles. The van der Waals surface area contributed by atoms with Crippen LogP contribution < -0.4 is 0 Å². The number of rotatable bonds is 1. The summed E-state index contributed by atoms with van der Waals surface area (Å²) in [5, 5.41) is 9.22. The van der Waals surface area contributed by atoms with Crippen LogP contribution in [0.25, 0.3) is 0 Å². The van der Waals surface area contributed by atoms with Crippen LogP contribution in [-0.4, -0.2) is 23.5 Å². The molecule has 2 nitrogen and oxygen atoms in total. The highest BCUT2D eigenvalue weighted by molar-refractivity contribution is 4.99. The fourth-order valence-corrected chi connectivity index (χ4v) is 3.32. The Morgan fingerprint density at radius 2 is 2.00 bits per heavy atom. The molecular formula is C13H22N2. The van der Waals surface area contributed by atoms with Gasteiger partial charge in [0.25, 0.3) is 0 Å². The molecule has 84 valence electrons. The first-order valence-electron chi connectivity index (χ1n) is 6.37. The van der Waals surface area contributed by atoms with Gasteiger partial charge in [-0.2, -0.15) is 5.26 Å². The van der Waals surface area contributed by atoms with Crippen LogP contribution in [0, 0.1) is 23.2 Å². The molecule has 4 unspecified atom stereocenters. The molecule has 0 aromatic heterocycles. The standard InChI is InChI=1S/C13H22N2/c1-10-5-6-12(9-14)13(8-10)15-7-3-4-11(15)2/h10-13H,3-8H2,1-2H3. The summed E-state index contributed by atoms with van der Waals surface area (Å²) in [5.41, 5.74) is 0. The zero-order chi connectivity index (χ0) is 10.8. The van der Waals surface area contributed by atoms with Crippen molar-refractivity contribution < 1.29 is 0 Å². The predicted octanol–water partition coefficient (Wildman–Crippen LogP) is 2.80. The van der Waals surface area contributed by atoms with Gasteiger partial charge in [-0.3, -0.25) is 4.90 Å². The molecule has 15 heavy (non-hydrogen) atoms. The Labute approximate surface area is 93.3 Å². The number of nitrogens with zero attached hydrogens (tertiary/aromatic N) is 2. The minimum absolute atomic E-state index is 0.293. The van der Waals surface area contributed by atoms with E-state index in [1.54, 1.807) is 0 Å². The van der Waals surface area contributed by atoms with Crippen molar-refractivity contribution in [3.8, 4) is 6.07 Å². The summed E-state index contributed by atoms with van der Waals surface area (Å²) in [6.45, 7) is 5.87. The third-order valence-corrected chi connectivity index (χ3v) is 4.27. The number of hydrogen-bond acceptors (Lipinski definition) is 2. The van der Waals surface area contributed by atoms with Crippen molar-refractivity contribution in [2.24, 2.45) is 11.8 Å². The van der Waals surface area contributed by atoms with Crippen molar-refractivity contribution in [2.45, 2.75) is 58.0 Å². The van der Waals surface area contributed by atoms with Gasteiger partial charge in [-0.05, 0) is 51.5 Å². The molecule has 1 saturated heterocycles. The Morgan fingerprint density at radius 1 is 1.20 bits per heavy atom. The quantitative estimate of drug-likeness (QED) is 0.659. The minimum Gasteiger partial charge on any atom is -0.296 e. The summed E-state index contributed by atoms with van der Waals surface area (Å²) in [7, 11) is 0. The van der Waals surface area contributed by atoms with Gasteiger partial charge in [0.15, 0.2) is 0 Å². The smallest absolute Gasteiger partial charge is 0.0672 e. The third-order valence-electron chi connectivity index (χ3n) is 4.27. The molecule has 2 fully saturated rings. The second-order valence-corrected chi connectivity index (χ2v) is 5.45. The van der Waals surface area contributed by atoms with Crippen molar-refractivity contribution >= 4 is 0 Å². The number of likely N-dealkylation sites (tertiary alicyclic amines) is 1. The Kier molecular flexibility index (Phi) is 3.31. The van der Waals surface area contributed by atoms with Crippen LogP contribution in [0.2, 0.25) is 0 Å². The average molecular weight is 206 g/mol. The molecule has 0 radical (unpaired) electrons. The van der Waals surface area contributed by atoms with Crippen LogP contribution in [-0.2, 0) is 0 Å². The lowest BCUT2D eigenvalue weighted by Gasteiger charge is -2.39. The number of hydrogen-bond donors (Lipinski definition) is 0. The molecule has 2 aliphatic rings. The maximum atomic E-state index is 9.22. The predicted molar refractivity (Wildman–Crippen MR) is 61.3 cm³/mol. The molecule has 0 bridgehead atoms. The molecule has 0 amide bonds. The Hall–Kier alpha value is -0.550. The molecular weight excluding hydrogens is 184 g/mol. The molecule has 1 aliphatic carbocycles. The molecule has 2 heteroatoms. The molecule has 1 saturated carbocycles. The van der Waals surface area contributed by atoms with Gasteiger partial charge in [0.05, 0.1) is 12.0 Å². The summed E-state index contributed by atoms with van der Waals surface area (Å²) in [6.07, 6.45) is 6.25. The molecule has 0 aromatic rings. The molecule has 0 aromatic carbocycles. The van der Waals surface area contributed by atoms with Crippen molar-refractivity contribution in [3.63, 3.8) is 0 Å². The van der Waals surface area contributed by atoms with Crippen molar-refractivity contribution in [1.82, 2.24) is 4.90 Å². The zero-order valence-corrected chi connectivity index (χ0v) is 9.95. The van der Waals surface area contributed by atoms with E-state index in [1.807, 2.05) is 0 Å². The summed E-state index contributed by atoms with van der Waals surface area (Å²) in [6, 6.07) is 3.79. The summed E-state index contributed by atoms with van der Waals surface area (Å²) in [4.78, 5) is 2.60. The third kappa shape index (κ3) is 2.18. The van der Waals surface area contributed by atoms with Gasteiger partial charge in [-0.15, -0.1) is 0 Å². The summed E-state index contributed by atoms with van der Waals surface area (Å²) >= 11 is 0. The highest BCUT2D eigenvalue weighted by Crippen LogP contribution is 2.35. The first kappa shape index (κ1) is 11.0. The van der Waals surface area contributed by atoms with E-state index in [1.165, 1.54) is 32.2 Å². The molecule has 1 aliphatic heterocycles. The molecule has 0 N–H and O–H groups in total. The van der Waals surface area contributed by atoms with E-state index in [4.69, 9.17) is 0 Å². The van der Waals surface area contributed by atoms with Gasteiger partial charge < -0.3 is 0 Å². The summed E-state index contributed by atoms with van der Waals surface area (Å²) < 4.78 is 0. The molecule has 2 rings (SSSR count). The van der Waals surface area contributed by atoms with Crippen LogP contribution in [0.4, 0.5) is 0 Å². The Morgan fingerprint density at radius 3 is 2.60 bits per heavy atom. The van der Waals surface area contributed by atoms with E-state index in [-0.39, 0.29) is 0 Å². The van der Waals surface area contributed by atoms with Crippen molar-refractivity contribution in [2.75, 3.05) is 6.54 Å². The molecule has 4 atom stereocenters. The van der Waals surface area contributed by atoms with Gasteiger partial charge in [0.1, 0.15) is 0 Å². The second-order valence-electron chi connectivity index (χ2n) is 5.45. The maximum absolute atomic E-state index is 9.22. The Bertz CT molecular complexity index is 256. The van der Waals surface area contributed by atoms with Crippen LogP contribution in [0.15, 0.2) is 0 Å². The maximum Gasteiger partial charge on any atom is 0.0672 e. The van der Waals surface area contributed by atoms with Crippen LogP contribution >= 0.6 is 0 Å². The van der Waals surface area contributed by atoms with Crippen molar-refractivity contribution in [3.05, 3.63) is 0 Å². The van der Waals surface area contributed by atoms with Gasteiger partial charge in [0.2, 0.25) is 0 Å². The normalized spacial score (nSPS) is 42.7. The van der Waals surface area contributed by atoms with E-state index in [9.17, 15) is 5.26 Å². The van der Waals surface area contributed by atoms with Crippen molar-refractivity contribution in [1.29, 1.82) is 5.26 Å². The SMILES string of the molecule is CC1CCC(C#N)C(N2CCCC2C)C1. The van der Waals surface area contributed by atoms with Gasteiger partial charge >= 0.3 is 0 Å². The number of nitriles is 1. The fourth-order valence-electron chi connectivity index (χ4n) is 3.32. The summed E-state index contributed by atoms with van der Waals surface area (Å²) in [5.74, 6) is 1.11. The van der Waals surface area contributed by atoms with Crippen LogP contribution in [0.3, 0.4) is 0 Å². The van der Waals surface area contributed by atoms with E-state index >= 15 is 0 Å². The fraction of sp³-hybridized carbons (Fsp3) is 0.923. The lowest BCUT2D eigenvalue weighted by molar-refractivity contribution is 0.100. The van der Waals surface area contributed by atoms with Crippen LogP contribution in [0.5, 0.6) is 0 Å². The average Bonchev–Trinajstić information content (AvgIpc) is 2.64. The van der Waals surface area contributed by atoms with Gasteiger partial charge in [0, 0.05) is 12.1 Å². The van der Waals surface area contributed by atoms with E-state index in [2.05, 4.69) is 24.8 Å². The van der Waals surface area contributed by atoms with E-state index in [0.29, 0.717) is 18.0 Å². The van der Waals surface area contributed by atoms with Gasteiger partial charge in [-0.1, -0.05) is 6.92 Å².